The van der Waals surface area contributed by atoms with Crippen molar-refractivity contribution in [3.8, 4) is 46.0 Å². The summed E-state index contributed by atoms with van der Waals surface area (Å²) < 4.78 is 10.8. The van der Waals surface area contributed by atoms with Crippen molar-refractivity contribution in [3.05, 3.63) is 100 Å². The van der Waals surface area contributed by atoms with Crippen molar-refractivity contribution in [1.82, 2.24) is 0 Å². The van der Waals surface area contributed by atoms with Gasteiger partial charge in [0.1, 0.15) is 0 Å². The lowest BCUT2D eigenvalue weighted by molar-refractivity contribution is -0.168. The van der Waals surface area contributed by atoms with Gasteiger partial charge in [0, 0.05) is 18.8 Å². The van der Waals surface area contributed by atoms with Gasteiger partial charge in [-0.3, -0.25) is 4.79 Å². The van der Waals surface area contributed by atoms with Crippen LogP contribution in [0.2, 0.25) is 0 Å². The van der Waals surface area contributed by atoms with Crippen LogP contribution in [0.4, 0.5) is 0 Å². The first kappa shape index (κ1) is 36.2. The van der Waals surface area contributed by atoms with Gasteiger partial charge < -0.3 is 60.5 Å². The molecule has 10 N–H and O–H groups in total. The van der Waals surface area contributed by atoms with Crippen LogP contribution in [0.5, 0.6) is 46.0 Å². The molecule has 270 valence electrons. The Kier molecular flexibility index (Phi) is 10.0. The van der Waals surface area contributed by atoms with E-state index in [0.29, 0.717) is 0 Å². The number of aromatic hydroxyl groups is 8. The van der Waals surface area contributed by atoms with Crippen LogP contribution in [0.3, 0.4) is 0 Å². The van der Waals surface area contributed by atoms with Crippen molar-refractivity contribution in [1.29, 1.82) is 0 Å². The monoisotopic (exact) mass is 718 g/mol. The Balaban J connectivity index is 1.61. The average molecular weight is 719 g/mol. The third-order valence-corrected chi connectivity index (χ3v) is 8.32. The number of phenolic OH excluding ortho intramolecular Hbond substituents is 8. The van der Waals surface area contributed by atoms with Gasteiger partial charge >= 0.3 is 23.9 Å². The molecule has 0 aromatic heterocycles. The lowest BCUT2D eigenvalue weighted by atomic mass is 9.71. The summed E-state index contributed by atoms with van der Waals surface area (Å²) >= 11 is 0. The van der Waals surface area contributed by atoms with Crippen LogP contribution >= 0.6 is 0 Å². The molecule has 0 spiro atoms. The van der Waals surface area contributed by atoms with Crippen LogP contribution in [0, 0.1) is 5.92 Å². The number of carbonyl (C=O) groups is 4. The van der Waals surface area contributed by atoms with Gasteiger partial charge in [-0.15, -0.1) is 0 Å². The Bertz CT molecular complexity index is 2120. The second-order valence-corrected chi connectivity index (χ2v) is 11.8. The van der Waals surface area contributed by atoms with E-state index in [9.17, 15) is 70.2 Å². The normalized spacial score (nSPS) is 16.1. The van der Waals surface area contributed by atoms with Gasteiger partial charge in [-0.2, -0.15) is 0 Å². The molecule has 4 aromatic rings. The third kappa shape index (κ3) is 7.55. The van der Waals surface area contributed by atoms with E-state index >= 15 is 0 Å². The maximum absolute atomic E-state index is 14.2. The summed E-state index contributed by atoms with van der Waals surface area (Å²) in [5, 5.41) is 100. The van der Waals surface area contributed by atoms with E-state index in [1.165, 1.54) is 18.2 Å². The molecule has 4 atom stereocenters. The highest BCUT2D eigenvalue weighted by molar-refractivity contribution is 6.03. The average Bonchev–Trinajstić information content (AvgIpc) is 3.08. The molecule has 0 radical (unpaired) electrons. The number of carboxylic acids is 2. The minimum atomic E-state index is -1.97. The fourth-order valence-corrected chi connectivity index (χ4v) is 5.76. The van der Waals surface area contributed by atoms with Gasteiger partial charge in [0.05, 0.1) is 11.5 Å². The third-order valence-electron chi connectivity index (χ3n) is 8.32. The van der Waals surface area contributed by atoms with Gasteiger partial charge in [-0.05, 0) is 82.4 Å². The summed E-state index contributed by atoms with van der Waals surface area (Å²) in [5.41, 5.74) is -0.309. The predicted molar refractivity (Wildman–Crippen MR) is 175 cm³/mol. The van der Waals surface area contributed by atoms with Gasteiger partial charge in [-0.1, -0.05) is 18.2 Å². The Morgan fingerprint density at radius 3 is 1.52 bits per heavy atom. The van der Waals surface area contributed by atoms with Crippen LogP contribution in [-0.4, -0.2) is 87.2 Å². The van der Waals surface area contributed by atoms with Crippen LogP contribution in [-0.2, 0) is 41.5 Å². The molecule has 0 amide bonds. The highest BCUT2D eigenvalue weighted by Gasteiger charge is 2.45. The molecule has 4 aromatic carbocycles. The summed E-state index contributed by atoms with van der Waals surface area (Å²) in [6, 6.07) is 12.1. The molecule has 0 saturated carbocycles. The number of esters is 2. The lowest BCUT2D eigenvalue weighted by Crippen LogP contribution is -2.39. The summed E-state index contributed by atoms with van der Waals surface area (Å²) in [5.74, 6) is -14.2. The van der Waals surface area contributed by atoms with E-state index < -0.39 is 112 Å². The van der Waals surface area contributed by atoms with Crippen molar-refractivity contribution >= 4 is 30.0 Å². The first-order chi connectivity index (χ1) is 24.5. The van der Waals surface area contributed by atoms with E-state index in [-0.39, 0.29) is 27.8 Å². The standard InChI is InChI=1S/C36H30O16/c37-21-4-1-15(7-24(21)40)9-29(33(45)46)51-35(49)20-11-18-13-27(43)28(44)14-19(18)31(17-3-6-23(39)26(42)12-17)32(20)36(50)52-30(34(47)48)10-16-2-5-22(38)25(41)8-16/h1-8,11-14,29-32,37-44H,9-10H2,(H,45,46)(H,47,48)/t29-,30-,31+,32-/m1/s1. The molecule has 0 bridgehead atoms. The molecule has 0 fully saturated rings. The highest BCUT2D eigenvalue weighted by Crippen LogP contribution is 2.48. The number of hydrogen-bond donors (Lipinski definition) is 10. The zero-order valence-corrected chi connectivity index (χ0v) is 26.6. The summed E-state index contributed by atoms with van der Waals surface area (Å²) in [7, 11) is 0. The zero-order chi connectivity index (χ0) is 38.0. The molecule has 1 aliphatic carbocycles. The van der Waals surface area contributed by atoms with Crippen molar-refractivity contribution < 1.29 is 79.7 Å². The van der Waals surface area contributed by atoms with Crippen molar-refractivity contribution in [2.75, 3.05) is 0 Å². The topological polar surface area (TPSA) is 289 Å². The summed E-state index contributed by atoms with van der Waals surface area (Å²) in [4.78, 5) is 52.7. The first-order valence-corrected chi connectivity index (χ1v) is 15.2. The van der Waals surface area contributed by atoms with Crippen LogP contribution in [0.1, 0.15) is 33.7 Å². The van der Waals surface area contributed by atoms with Gasteiger partial charge in [0.25, 0.3) is 0 Å². The second kappa shape index (κ2) is 14.4. The molecule has 16 nitrogen and oxygen atoms in total. The maximum Gasteiger partial charge on any atom is 0.345 e. The van der Waals surface area contributed by atoms with Crippen molar-refractivity contribution in [2.24, 2.45) is 5.92 Å². The van der Waals surface area contributed by atoms with E-state index in [1.54, 1.807) is 0 Å². The smallest absolute Gasteiger partial charge is 0.345 e. The second-order valence-electron chi connectivity index (χ2n) is 11.8. The van der Waals surface area contributed by atoms with E-state index in [4.69, 9.17) is 9.47 Å². The maximum atomic E-state index is 14.2. The number of fused-ring (bicyclic) bond motifs is 1. The fourth-order valence-electron chi connectivity index (χ4n) is 5.76. The minimum absolute atomic E-state index is 0.00618. The van der Waals surface area contributed by atoms with Crippen LogP contribution < -0.4 is 0 Å². The Morgan fingerprint density at radius 2 is 1.02 bits per heavy atom. The zero-order valence-electron chi connectivity index (χ0n) is 26.6. The molecule has 52 heavy (non-hydrogen) atoms. The minimum Gasteiger partial charge on any atom is -0.504 e. The van der Waals surface area contributed by atoms with E-state index in [1.807, 2.05) is 0 Å². The number of benzene rings is 4. The predicted octanol–water partition coefficient (Wildman–Crippen LogP) is 2.95. The van der Waals surface area contributed by atoms with Gasteiger partial charge in [0.15, 0.2) is 46.0 Å². The molecule has 16 heteroatoms. The summed E-state index contributed by atoms with van der Waals surface area (Å²) in [6.07, 6.45) is -3.95. The number of rotatable bonds is 11. The number of aliphatic carboxylic acids is 2. The van der Waals surface area contributed by atoms with Crippen LogP contribution in [0.25, 0.3) is 6.08 Å². The number of carboxylic acid groups (broad SMARTS) is 2. The molecular weight excluding hydrogens is 688 g/mol. The molecule has 0 aliphatic heterocycles. The molecule has 1 aliphatic rings. The molecule has 5 rings (SSSR count). The lowest BCUT2D eigenvalue weighted by Gasteiger charge is -2.33. The van der Waals surface area contributed by atoms with Gasteiger partial charge in [0.2, 0.25) is 12.2 Å². The Labute approximate surface area is 292 Å². The van der Waals surface area contributed by atoms with Crippen molar-refractivity contribution in [2.45, 2.75) is 31.0 Å². The molecule has 0 unspecified atom stereocenters. The number of carbonyl (C=O) groups excluding carboxylic acids is 2. The number of phenols is 8. The SMILES string of the molecule is O=C(O[C@H](Cc1ccc(O)c(O)c1)C(=O)O)C1=Cc2cc(O)c(O)cc2[C@H](c2ccc(O)c(O)c2)[C@@H]1C(=O)O[C@H](Cc1ccc(O)c(O)c1)C(=O)O. The summed E-state index contributed by atoms with van der Waals surface area (Å²) in [6.45, 7) is 0. The number of ether oxygens (including phenoxy) is 2. The van der Waals surface area contributed by atoms with E-state index in [0.717, 1.165) is 54.6 Å². The van der Waals surface area contributed by atoms with Crippen LogP contribution in [0.15, 0.2) is 72.3 Å². The molecular formula is C36H30O16. The Morgan fingerprint density at radius 1 is 0.558 bits per heavy atom. The largest absolute Gasteiger partial charge is 0.504 e. The highest BCUT2D eigenvalue weighted by atomic mass is 16.6. The Hall–Kier alpha value is -7.10. The first-order valence-electron chi connectivity index (χ1n) is 15.2. The fraction of sp³-hybridized carbons (Fsp3) is 0.167. The van der Waals surface area contributed by atoms with Crippen molar-refractivity contribution in [3.63, 3.8) is 0 Å². The quantitative estimate of drug-likeness (QED) is 0.0788. The van der Waals surface area contributed by atoms with E-state index in [2.05, 4.69) is 0 Å². The molecule has 0 heterocycles. The van der Waals surface area contributed by atoms with Gasteiger partial charge in [-0.25, -0.2) is 14.4 Å². The number of hydrogen-bond acceptors (Lipinski definition) is 14. The molecule has 0 saturated heterocycles.